The molecule has 0 atom stereocenters. The molecular formula is C22H32F3N3O2. The van der Waals surface area contributed by atoms with Gasteiger partial charge in [-0.25, -0.2) is 0 Å². The maximum absolute atomic E-state index is 12.8. The normalized spacial score (nSPS) is 19.7. The summed E-state index contributed by atoms with van der Waals surface area (Å²) in [6.07, 6.45) is 1.67. The molecule has 0 aliphatic carbocycles. The van der Waals surface area contributed by atoms with Crippen molar-refractivity contribution in [1.82, 2.24) is 14.4 Å². The number of Topliss-reactive ketones (excluding diaryl/α,β-unsaturated/α-hetero) is 1. The fourth-order valence-corrected chi connectivity index (χ4v) is 4.68. The third-order valence-electron chi connectivity index (χ3n) is 6.43. The lowest BCUT2D eigenvalue weighted by molar-refractivity contribution is -0.141. The summed E-state index contributed by atoms with van der Waals surface area (Å²) in [6.45, 7) is 5.29. The van der Waals surface area contributed by atoms with Crippen LogP contribution in [0.25, 0.3) is 0 Å². The first kappa shape index (κ1) is 22.8. The van der Waals surface area contributed by atoms with Crippen LogP contribution >= 0.6 is 0 Å². The summed E-state index contributed by atoms with van der Waals surface area (Å²) in [4.78, 5) is 29.6. The molecular weight excluding hydrogens is 395 g/mol. The van der Waals surface area contributed by atoms with Crippen molar-refractivity contribution in [3.05, 3.63) is 23.0 Å². The van der Waals surface area contributed by atoms with Crippen molar-refractivity contribution >= 4 is 11.7 Å². The highest BCUT2D eigenvalue weighted by Gasteiger charge is 2.32. The molecule has 0 bridgehead atoms. The van der Waals surface area contributed by atoms with Gasteiger partial charge in [0.1, 0.15) is 6.54 Å². The van der Waals surface area contributed by atoms with Gasteiger partial charge in [0.25, 0.3) is 0 Å². The van der Waals surface area contributed by atoms with Crippen LogP contribution in [0.3, 0.4) is 0 Å². The number of alkyl halides is 3. The molecule has 0 spiro atoms. The molecule has 1 amide bonds. The van der Waals surface area contributed by atoms with E-state index < -0.39 is 12.7 Å². The standard InChI is InChI=1S/C22H32F3N3O2/c1-16-13-19(17(2)28(16)15-22(23,24)25)20(29)14-26-11-7-18(8-12-26)21(30)27-9-5-3-4-6-10-27/h13,18H,3-12,14-15H2,1-2H3. The smallest absolute Gasteiger partial charge is 0.342 e. The maximum Gasteiger partial charge on any atom is 0.406 e. The van der Waals surface area contributed by atoms with Crippen LogP contribution in [0.4, 0.5) is 13.2 Å². The number of nitrogens with zero attached hydrogens (tertiary/aromatic N) is 3. The zero-order valence-electron chi connectivity index (χ0n) is 17.9. The molecule has 3 heterocycles. The minimum atomic E-state index is -4.32. The number of likely N-dealkylation sites (tertiary alicyclic amines) is 2. The van der Waals surface area contributed by atoms with E-state index in [1.165, 1.54) is 12.8 Å². The number of halogens is 3. The van der Waals surface area contributed by atoms with E-state index in [9.17, 15) is 22.8 Å². The summed E-state index contributed by atoms with van der Waals surface area (Å²) in [6, 6.07) is 1.55. The predicted molar refractivity (Wildman–Crippen MR) is 109 cm³/mol. The van der Waals surface area contributed by atoms with Gasteiger partial charge in [-0.15, -0.1) is 0 Å². The fraction of sp³-hybridized carbons (Fsp3) is 0.727. The Hall–Kier alpha value is -1.83. The highest BCUT2D eigenvalue weighted by Crippen LogP contribution is 2.25. The Morgan fingerprint density at radius 3 is 2.17 bits per heavy atom. The zero-order chi connectivity index (χ0) is 21.9. The first-order valence-corrected chi connectivity index (χ1v) is 10.9. The predicted octanol–water partition coefficient (Wildman–Crippen LogP) is 3.96. The second-order valence-electron chi connectivity index (χ2n) is 8.70. The highest BCUT2D eigenvalue weighted by atomic mass is 19.4. The van der Waals surface area contributed by atoms with Crippen molar-refractivity contribution in [3.63, 3.8) is 0 Å². The van der Waals surface area contributed by atoms with Gasteiger partial charge in [0.2, 0.25) is 5.91 Å². The van der Waals surface area contributed by atoms with Crippen LogP contribution in [0.15, 0.2) is 6.07 Å². The fourth-order valence-electron chi connectivity index (χ4n) is 4.68. The number of hydrogen-bond acceptors (Lipinski definition) is 3. The molecule has 2 aliphatic rings. The molecule has 0 aromatic carbocycles. The Kier molecular flexibility index (Phi) is 7.26. The van der Waals surface area contributed by atoms with E-state index in [4.69, 9.17) is 0 Å². The largest absolute Gasteiger partial charge is 0.406 e. The molecule has 1 aromatic heterocycles. The molecule has 0 saturated carbocycles. The van der Waals surface area contributed by atoms with Gasteiger partial charge in [-0.3, -0.25) is 14.5 Å². The molecule has 2 fully saturated rings. The maximum atomic E-state index is 12.8. The van der Waals surface area contributed by atoms with Crippen molar-refractivity contribution in [2.75, 3.05) is 32.7 Å². The summed E-state index contributed by atoms with van der Waals surface area (Å²) in [7, 11) is 0. The number of rotatable bonds is 5. The monoisotopic (exact) mass is 427 g/mol. The number of ketones is 1. The molecule has 2 aliphatic heterocycles. The van der Waals surface area contributed by atoms with E-state index in [0.29, 0.717) is 30.0 Å². The SMILES string of the molecule is Cc1cc(C(=O)CN2CCC(C(=O)N3CCCCCC3)CC2)c(C)n1CC(F)(F)F. The topological polar surface area (TPSA) is 45.6 Å². The average molecular weight is 428 g/mol. The Morgan fingerprint density at radius 1 is 1.00 bits per heavy atom. The molecule has 5 nitrogen and oxygen atoms in total. The molecule has 0 unspecified atom stereocenters. The van der Waals surface area contributed by atoms with Gasteiger partial charge in [0.05, 0.1) is 6.54 Å². The van der Waals surface area contributed by atoms with Crippen molar-refractivity contribution in [1.29, 1.82) is 0 Å². The van der Waals surface area contributed by atoms with Gasteiger partial charge < -0.3 is 9.47 Å². The molecule has 0 N–H and O–H groups in total. The molecule has 8 heteroatoms. The number of amides is 1. The Bertz CT molecular complexity index is 756. The van der Waals surface area contributed by atoms with Crippen LogP contribution in [-0.2, 0) is 11.3 Å². The van der Waals surface area contributed by atoms with E-state index in [1.54, 1.807) is 19.9 Å². The van der Waals surface area contributed by atoms with Gasteiger partial charge in [-0.1, -0.05) is 12.8 Å². The molecule has 30 heavy (non-hydrogen) atoms. The van der Waals surface area contributed by atoms with Crippen LogP contribution in [0, 0.1) is 19.8 Å². The van der Waals surface area contributed by atoms with Gasteiger partial charge >= 0.3 is 6.18 Å². The van der Waals surface area contributed by atoms with Crippen LogP contribution < -0.4 is 0 Å². The number of carbonyl (C=O) groups is 2. The second-order valence-corrected chi connectivity index (χ2v) is 8.70. The first-order chi connectivity index (χ1) is 14.2. The lowest BCUT2D eigenvalue weighted by Gasteiger charge is -2.33. The number of hydrogen-bond donors (Lipinski definition) is 0. The van der Waals surface area contributed by atoms with Crippen LogP contribution in [-0.4, -0.2) is 65.0 Å². The lowest BCUT2D eigenvalue weighted by Crippen LogP contribution is -2.44. The summed E-state index contributed by atoms with van der Waals surface area (Å²) in [5, 5.41) is 0. The number of piperidine rings is 1. The van der Waals surface area contributed by atoms with Crippen LogP contribution in [0.2, 0.25) is 0 Å². The van der Waals surface area contributed by atoms with Gasteiger partial charge in [0, 0.05) is 36.0 Å². The Morgan fingerprint density at radius 2 is 1.60 bits per heavy atom. The molecule has 0 radical (unpaired) electrons. The summed E-state index contributed by atoms with van der Waals surface area (Å²) >= 11 is 0. The quantitative estimate of drug-likeness (QED) is 0.668. The Balaban J connectivity index is 1.54. The molecule has 3 rings (SSSR count). The lowest BCUT2D eigenvalue weighted by atomic mass is 9.94. The summed E-state index contributed by atoms with van der Waals surface area (Å²) in [5.74, 6) is 0.110. The number of aromatic nitrogens is 1. The number of carbonyl (C=O) groups excluding carboxylic acids is 2. The van der Waals surface area contributed by atoms with E-state index >= 15 is 0 Å². The van der Waals surface area contributed by atoms with E-state index in [0.717, 1.165) is 43.3 Å². The zero-order valence-corrected chi connectivity index (χ0v) is 17.9. The van der Waals surface area contributed by atoms with Crippen molar-refractivity contribution in [3.8, 4) is 0 Å². The molecule has 2 saturated heterocycles. The summed E-state index contributed by atoms with van der Waals surface area (Å²) < 4.78 is 39.5. The second kappa shape index (κ2) is 9.54. The average Bonchev–Trinajstić information content (AvgIpc) is 2.88. The molecule has 168 valence electrons. The van der Waals surface area contributed by atoms with Crippen LogP contribution in [0.5, 0.6) is 0 Å². The van der Waals surface area contributed by atoms with Crippen molar-refractivity contribution < 1.29 is 22.8 Å². The van der Waals surface area contributed by atoms with E-state index in [2.05, 4.69) is 0 Å². The third kappa shape index (κ3) is 5.65. The van der Waals surface area contributed by atoms with Gasteiger partial charge in [0.15, 0.2) is 5.78 Å². The van der Waals surface area contributed by atoms with Crippen molar-refractivity contribution in [2.24, 2.45) is 5.92 Å². The van der Waals surface area contributed by atoms with Crippen molar-refractivity contribution in [2.45, 2.75) is 65.1 Å². The number of aryl methyl sites for hydroxylation is 1. The minimum Gasteiger partial charge on any atom is -0.342 e. The van der Waals surface area contributed by atoms with Crippen LogP contribution in [0.1, 0.15) is 60.3 Å². The van der Waals surface area contributed by atoms with Gasteiger partial charge in [-0.2, -0.15) is 13.2 Å². The minimum absolute atomic E-state index is 0.0197. The van der Waals surface area contributed by atoms with E-state index in [1.807, 2.05) is 9.80 Å². The van der Waals surface area contributed by atoms with Gasteiger partial charge in [-0.05, 0) is 58.7 Å². The Labute approximate surface area is 176 Å². The highest BCUT2D eigenvalue weighted by molar-refractivity contribution is 5.99. The van der Waals surface area contributed by atoms with E-state index in [-0.39, 0.29) is 24.2 Å². The third-order valence-corrected chi connectivity index (χ3v) is 6.43. The summed E-state index contributed by atoms with van der Waals surface area (Å²) in [5.41, 5.74) is 1.16. The first-order valence-electron chi connectivity index (χ1n) is 10.9. The molecule has 1 aromatic rings.